The van der Waals surface area contributed by atoms with Gasteiger partial charge in [0.15, 0.2) is 0 Å². The molecule has 1 fully saturated rings. The fourth-order valence-electron chi connectivity index (χ4n) is 4.30. The number of carbonyl (C=O) groups is 1. The lowest BCUT2D eigenvalue weighted by Gasteiger charge is -2.48. The molecule has 4 rings (SSSR count). The number of rotatable bonds is 9. The highest BCUT2D eigenvalue weighted by Gasteiger charge is 2.49. The second-order valence-electron chi connectivity index (χ2n) is 8.20. The van der Waals surface area contributed by atoms with Gasteiger partial charge in [-0.05, 0) is 66.9 Å². The first-order valence-corrected chi connectivity index (χ1v) is 11.8. The lowest BCUT2D eigenvalue weighted by Crippen LogP contribution is -2.55. The van der Waals surface area contributed by atoms with Crippen LogP contribution in [0, 0.1) is 11.7 Å². The van der Waals surface area contributed by atoms with Gasteiger partial charge in [-0.25, -0.2) is 4.39 Å². The zero-order valence-corrected chi connectivity index (χ0v) is 20.0. The Labute approximate surface area is 206 Å². The number of phenolic OH excluding ortho intramolecular Hbond substituents is 1. The Bertz CT molecular complexity index is 1170. The van der Waals surface area contributed by atoms with E-state index in [-0.39, 0.29) is 29.4 Å². The van der Waals surface area contributed by atoms with Gasteiger partial charge in [0, 0.05) is 15.7 Å². The fraction of sp³-hybridized carbons (Fsp3) is 0.222. The average Bonchev–Trinajstić information content (AvgIpc) is 2.83. The average molecular weight is 526 g/mol. The summed E-state index contributed by atoms with van der Waals surface area (Å²) in [6.07, 6.45) is 1.64. The van der Waals surface area contributed by atoms with Crippen molar-refractivity contribution in [3.05, 3.63) is 101 Å². The fourth-order valence-corrected chi connectivity index (χ4v) is 4.64. The van der Waals surface area contributed by atoms with Crippen LogP contribution in [0.5, 0.6) is 11.5 Å². The van der Waals surface area contributed by atoms with Crippen molar-refractivity contribution < 1.29 is 24.1 Å². The molecule has 0 saturated carbocycles. The molecule has 0 aromatic heterocycles. The van der Waals surface area contributed by atoms with Crippen LogP contribution in [0.2, 0.25) is 0 Å². The Hall–Kier alpha value is -3.16. The van der Waals surface area contributed by atoms with Gasteiger partial charge in [-0.2, -0.15) is 0 Å². The number of aliphatic hydroxyl groups is 1. The lowest BCUT2D eigenvalue weighted by molar-refractivity contribution is -0.131. The minimum atomic E-state index is -0.807. The molecule has 176 valence electrons. The molecule has 1 saturated heterocycles. The molecule has 3 aromatic rings. The van der Waals surface area contributed by atoms with Crippen LogP contribution in [-0.4, -0.2) is 22.7 Å². The van der Waals surface area contributed by atoms with Gasteiger partial charge in [-0.15, -0.1) is 0 Å². The first kappa shape index (κ1) is 24.0. The van der Waals surface area contributed by atoms with Crippen molar-refractivity contribution >= 4 is 27.5 Å². The first-order valence-electron chi connectivity index (χ1n) is 11.0. The number of benzene rings is 3. The number of β-lactam (4-membered cyclic amide) rings is 1. The normalized spacial score (nSPS) is 18.3. The summed E-state index contributed by atoms with van der Waals surface area (Å²) in [4.78, 5) is 15.0. The number of nitrogens with zero attached hydrogens (tertiary/aromatic N) is 1. The lowest BCUT2D eigenvalue weighted by atomic mass is 9.78. The Morgan fingerprint density at radius 3 is 2.50 bits per heavy atom. The monoisotopic (exact) mass is 525 g/mol. The van der Waals surface area contributed by atoms with Crippen LogP contribution in [0.4, 0.5) is 10.1 Å². The van der Waals surface area contributed by atoms with Crippen LogP contribution in [0.1, 0.15) is 36.1 Å². The van der Waals surface area contributed by atoms with Gasteiger partial charge >= 0.3 is 0 Å². The molecular weight excluding hydrogens is 501 g/mol. The molecule has 3 atom stereocenters. The van der Waals surface area contributed by atoms with E-state index in [1.807, 2.05) is 18.2 Å². The van der Waals surface area contributed by atoms with Gasteiger partial charge in [0.2, 0.25) is 5.91 Å². The maximum Gasteiger partial charge on any atom is 0.233 e. The van der Waals surface area contributed by atoms with Gasteiger partial charge < -0.3 is 19.8 Å². The summed E-state index contributed by atoms with van der Waals surface area (Å²) in [6.45, 7) is 4.03. The molecule has 1 aliphatic rings. The number of amides is 1. The predicted octanol–water partition coefficient (Wildman–Crippen LogP) is 6.08. The molecular formula is C27H25BrFNO4. The standard InChI is InChI=1S/C27H25BrFNO4/c1-2-15-34-25-16-18(28)5-12-22(25)26-23(13-14-24(32)17-3-6-19(29)7-4-17)27(33)30(26)20-8-10-21(31)11-9-20/h2-12,16,23-24,26,31-32H,1,13-15H2/t23-,24+,26-/m1/s1. The second-order valence-corrected chi connectivity index (χ2v) is 9.12. The largest absolute Gasteiger partial charge is 0.508 e. The summed E-state index contributed by atoms with van der Waals surface area (Å²) < 4.78 is 20.0. The summed E-state index contributed by atoms with van der Waals surface area (Å²) in [7, 11) is 0. The molecule has 5 nitrogen and oxygen atoms in total. The van der Waals surface area contributed by atoms with Crippen molar-refractivity contribution in [3.8, 4) is 11.5 Å². The van der Waals surface area contributed by atoms with Gasteiger partial charge in [-0.1, -0.05) is 46.8 Å². The van der Waals surface area contributed by atoms with Crippen molar-refractivity contribution in [2.45, 2.75) is 25.0 Å². The van der Waals surface area contributed by atoms with E-state index in [4.69, 9.17) is 4.74 Å². The number of phenols is 1. The molecule has 2 N–H and O–H groups in total. The number of anilines is 1. The zero-order valence-electron chi connectivity index (χ0n) is 18.4. The van der Waals surface area contributed by atoms with Crippen LogP contribution >= 0.6 is 15.9 Å². The van der Waals surface area contributed by atoms with E-state index in [0.717, 1.165) is 10.0 Å². The van der Waals surface area contributed by atoms with E-state index in [9.17, 15) is 19.4 Å². The van der Waals surface area contributed by atoms with E-state index in [1.165, 1.54) is 12.1 Å². The summed E-state index contributed by atoms with van der Waals surface area (Å²) >= 11 is 3.48. The van der Waals surface area contributed by atoms with Crippen molar-refractivity contribution in [1.29, 1.82) is 0 Å². The van der Waals surface area contributed by atoms with E-state index < -0.39 is 6.10 Å². The molecule has 0 unspecified atom stereocenters. The van der Waals surface area contributed by atoms with Gasteiger partial charge in [0.1, 0.15) is 23.9 Å². The van der Waals surface area contributed by atoms with Crippen molar-refractivity contribution in [2.24, 2.45) is 5.92 Å². The highest BCUT2D eigenvalue weighted by Crippen LogP contribution is 2.49. The summed E-state index contributed by atoms with van der Waals surface area (Å²) in [5.41, 5.74) is 2.12. The van der Waals surface area contributed by atoms with Crippen LogP contribution in [0.15, 0.2) is 83.9 Å². The predicted molar refractivity (Wildman–Crippen MR) is 132 cm³/mol. The highest BCUT2D eigenvalue weighted by molar-refractivity contribution is 9.10. The quantitative estimate of drug-likeness (QED) is 0.262. The summed E-state index contributed by atoms with van der Waals surface area (Å²) in [5.74, 6) is -0.0571. The molecule has 3 aromatic carbocycles. The van der Waals surface area contributed by atoms with Gasteiger partial charge in [0.25, 0.3) is 0 Å². The molecule has 0 radical (unpaired) electrons. The topological polar surface area (TPSA) is 70.0 Å². The number of aliphatic hydroxyl groups excluding tert-OH is 1. The Kier molecular flexibility index (Phi) is 7.34. The van der Waals surface area contributed by atoms with Crippen LogP contribution in [-0.2, 0) is 4.79 Å². The zero-order chi connectivity index (χ0) is 24.2. The van der Waals surface area contributed by atoms with Crippen molar-refractivity contribution in [3.63, 3.8) is 0 Å². The summed E-state index contributed by atoms with van der Waals surface area (Å²) in [6, 6.07) is 17.6. The minimum Gasteiger partial charge on any atom is -0.508 e. The number of carbonyl (C=O) groups excluding carboxylic acids is 1. The molecule has 0 bridgehead atoms. The third-order valence-electron chi connectivity index (χ3n) is 6.00. The van der Waals surface area contributed by atoms with E-state index >= 15 is 0 Å². The van der Waals surface area contributed by atoms with E-state index in [0.29, 0.717) is 36.4 Å². The summed E-state index contributed by atoms with van der Waals surface area (Å²) in [5, 5.41) is 20.3. The number of halogens is 2. The maximum absolute atomic E-state index is 13.3. The third kappa shape index (κ3) is 5.00. The number of ether oxygens (including phenoxy) is 1. The Morgan fingerprint density at radius 2 is 1.82 bits per heavy atom. The first-order chi connectivity index (χ1) is 16.4. The number of hydrogen-bond donors (Lipinski definition) is 2. The maximum atomic E-state index is 13.3. The van der Waals surface area contributed by atoms with Crippen LogP contribution < -0.4 is 9.64 Å². The van der Waals surface area contributed by atoms with Gasteiger partial charge in [0.05, 0.1) is 18.1 Å². The van der Waals surface area contributed by atoms with Crippen LogP contribution in [0.3, 0.4) is 0 Å². The Morgan fingerprint density at radius 1 is 1.12 bits per heavy atom. The smallest absolute Gasteiger partial charge is 0.233 e. The van der Waals surface area contributed by atoms with Gasteiger partial charge in [-0.3, -0.25) is 4.79 Å². The van der Waals surface area contributed by atoms with E-state index in [2.05, 4.69) is 22.5 Å². The molecule has 7 heteroatoms. The van der Waals surface area contributed by atoms with Crippen molar-refractivity contribution in [1.82, 2.24) is 0 Å². The molecule has 34 heavy (non-hydrogen) atoms. The highest BCUT2D eigenvalue weighted by atomic mass is 79.9. The number of hydrogen-bond acceptors (Lipinski definition) is 4. The molecule has 1 amide bonds. The molecule has 0 aliphatic carbocycles. The minimum absolute atomic E-state index is 0.0698. The molecule has 0 spiro atoms. The second kappa shape index (κ2) is 10.4. The molecule has 1 aliphatic heterocycles. The van der Waals surface area contributed by atoms with E-state index in [1.54, 1.807) is 47.4 Å². The van der Waals surface area contributed by atoms with Crippen molar-refractivity contribution in [2.75, 3.05) is 11.5 Å². The SMILES string of the molecule is C=CCOc1cc(Br)ccc1[C@@H]1[C@@H](CC[C@H](O)c2ccc(F)cc2)C(=O)N1c1ccc(O)cc1. The number of aromatic hydroxyl groups is 1. The Balaban J connectivity index is 1.63. The van der Waals surface area contributed by atoms with Crippen LogP contribution in [0.25, 0.3) is 0 Å². The third-order valence-corrected chi connectivity index (χ3v) is 6.49. The molecule has 1 heterocycles.